The second-order valence-electron chi connectivity index (χ2n) is 3.40. The summed E-state index contributed by atoms with van der Waals surface area (Å²) in [5, 5.41) is 12.1. The second kappa shape index (κ2) is 6.04. The van der Waals surface area contributed by atoms with E-state index in [1.54, 1.807) is 0 Å². The van der Waals surface area contributed by atoms with Crippen molar-refractivity contribution < 1.29 is 9.90 Å². The predicted molar refractivity (Wildman–Crippen MR) is 58.6 cm³/mol. The van der Waals surface area contributed by atoms with E-state index in [0.717, 1.165) is 5.57 Å². The molecular weight excluding hydrogens is 202 g/mol. The monoisotopic (exact) mass is 219 g/mol. The predicted octanol–water partition coefficient (Wildman–Crippen LogP) is 2.36. The fraction of sp³-hybridized carbons (Fsp3) is 0.700. The molecule has 0 heterocycles. The molecule has 0 aromatic heterocycles. The molecule has 0 aliphatic carbocycles. The number of aliphatic carboxylic acids is 1. The summed E-state index contributed by atoms with van der Waals surface area (Å²) in [6.45, 7) is 6.10. The van der Waals surface area contributed by atoms with Crippen LogP contribution in [0.4, 0.5) is 0 Å². The Kier molecular flexibility index (Phi) is 5.81. The Morgan fingerprint density at radius 1 is 1.50 bits per heavy atom. The molecule has 0 spiro atoms. The van der Waals surface area contributed by atoms with E-state index in [0.29, 0.717) is 19.4 Å². The van der Waals surface area contributed by atoms with Crippen molar-refractivity contribution >= 4 is 17.6 Å². The minimum atomic E-state index is -0.818. The van der Waals surface area contributed by atoms with Crippen LogP contribution in [0.25, 0.3) is 0 Å². The van der Waals surface area contributed by atoms with E-state index in [1.807, 2.05) is 20.8 Å². The molecule has 3 nitrogen and oxygen atoms in total. The van der Waals surface area contributed by atoms with Crippen molar-refractivity contribution in [2.45, 2.75) is 39.2 Å². The highest BCUT2D eigenvalue weighted by Gasteiger charge is 2.33. The summed E-state index contributed by atoms with van der Waals surface area (Å²) in [6, 6.07) is 0. The Labute approximate surface area is 90.1 Å². The van der Waals surface area contributed by atoms with Crippen LogP contribution in [0.2, 0.25) is 0 Å². The van der Waals surface area contributed by atoms with Gasteiger partial charge in [0.15, 0.2) is 0 Å². The molecule has 0 aromatic carbocycles. The van der Waals surface area contributed by atoms with E-state index in [-0.39, 0.29) is 0 Å². The van der Waals surface area contributed by atoms with Crippen LogP contribution in [0.3, 0.4) is 0 Å². The first-order valence-electron chi connectivity index (χ1n) is 4.76. The maximum Gasteiger partial charge on any atom is 0.323 e. The van der Waals surface area contributed by atoms with Gasteiger partial charge >= 0.3 is 5.97 Å². The van der Waals surface area contributed by atoms with Crippen molar-refractivity contribution in [3.05, 3.63) is 11.1 Å². The van der Waals surface area contributed by atoms with Gasteiger partial charge in [0.2, 0.25) is 0 Å². The maximum atomic E-state index is 11.1. The van der Waals surface area contributed by atoms with E-state index in [1.165, 1.54) is 5.54 Å². The Balaban J connectivity index is 4.45. The van der Waals surface area contributed by atoms with Gasteiger partial charge in [0, 0.05) is 12.1 Å². The van der Waals surface area contributed by atoms with E-state index in [4.69, 9.17) is 16.7 Å². The quantitative estimate of drug-likeness (QED) is 0.721. The Hall–Kier alpha value is -0.540. The van der Waals surface area contributed by atoms with Crippen LogP contribution >= 0.6 is 11.6 Å². The third-order valence-electron chi connectivity index (χ3n) is 2.51. The molecular formula is C10H18ClNO2. The molecule has 0 atom stereocenters. The van der Waals surface area contributed by atoms with Crippen molar-refractivity contribution in [3.8, 4) is 0 Å². The Morgan fingerprint density at radius 3 is 2.29 bits per heavy atom. The zero-order valence-corrected chi connectivity index (χ0v) is 9.69. The molecule has 0 aromatic rings. The normalized spacial score (nSPS) is 13.0. The van der Waals surface area contributed by atoms with Gasteiger partial charge in [-0.1, -0.05) is 25.4 Å². The molecule has 0 bridgehead atoms. The van der Waals surface area contributed by atoms with E-state index >= 15 is 0 Å². The lowest BCUT2D eigenvalue weighted by Crippen LogP contribution is -2.51. The lowest BCUT2D eigenvalue weighted by Gasteiger charge is -2.28. The van der Waals surface area contributed by atoms with Crippen molar-refractivity contribution in [1.82, 2.24) is 5.32 Å². The van der Waals surface area contributed by atoms with E-state index < -0.39 is 11.5 Å². The van der Waals surface area contributed by atoms with Gasteiger partial charge in [-0.15, -0.1) is 0 Å². The highest BCUT2D eigenvalue weighted by atomic mass is 35.5. The molecule has 0 radical (unpaired) electrons. The lowest BCUT2D eigenvalue weighted by molar-refractivity contribution is -0.145. The third kappa shape index (κ3) is 3.31. The van der Waals surface area contributed by atoms with Crippen molar-refractivity contribution in [3.63, 3.8) is 0 Å². The first kappa shape index (κ1) is 13.5. The van der Waals surface area contributed by atoms with Gasteiger partial charge in [-0.2, -0.15) is 0 Å². The molecule has 0 amide bonds. The summed E-state index contributed by atoms with van der Waals surface area (Å²) in [5.74, 6) is -0.801. The second-order valence-corrected chi connectivity index (χ2v) is 3.62. The van der Waals surface area contributed by atoms with Crippen LogP contribution in [-0.2, 0) is 4.79 Å². The topological polar surface area (TPSA) is 49.3 Å². The lowest BCUT2D eigenvalue weighted by atomic mass is 9.93. The van der Waals surface area contributed by atoms with Crippen LogP contribution in [0.15, 0.2) is 11.1 Å². The molecule has 0 aliphatic heterocycles. The van der Waals surface area contributed by atoms with Crippen molar-refractivity contribution in [1.29, 1.82) is 0 Å². The smallest absolute Gasteiger partial charge is 0.323 e. The minimum absolute atomic E-state index is 0.511. The average Bonchev–Trinajstić information content (AvgIpc) is 2.19. The summed E-state index contributed by atoms with van der Waals surface area (Å²) in [7, 11) is 0. The van der Waals surface area contributed by atoms with Crippen LogP contribution in [-0.4, -0.2) is 23.2 Å². The zero-order valence-electron chi connectivity index (χ0n) is 8.93. The standard InChI is InChI=1S/C10H18ClNO2/c1-4-10(5-2,9(13)14)12-7-8(3)6-11/h6,12H,4-5,7H2,1-3H3,(H,13,14). The molecule has 0 saturated carbocycles. The minimum Gasteiger partial charge on any atom is -0.480 e. The van der Waals surface area contributed by atoms with Crippen LogP contribution < -0.4 is 5.32 Å². The Morgan fingerprint density at radius 2 is 2.00 bits per heavy atom. The van der Waals surface area contributed by atoms with Crippen molar-refractivity contribution in [2.24, 2.45) is 0 Å². The summed E-state index contributed by atoms with van der Waals surface area (Å²) < 4.78 is 0. The van der Waals surface area contributed by atoms with Gasteiger partial charge in [0.25, 0.3) is 0 Å². The first-order chi connectivity index (χ1) is 6.52. The van der Waals surface area contributed by atoms with Crippen LogP contribution in [0, 0.1) is 0 Å². The van der Waals surface area contributed by atoms with Crippen molar-refractivity contribution in [2.75, 3.05) is 6.54 Å². The molecule has 4 heteroatoms. The van der Waals surface area contributed by atoms with Gasteiger partial charge < -0.3 is 5.11 Å². The largest absolute Gasteiger partial charge is 0.480 e. The highest BCUT2D eigenvalue weighted by Crippen LogP contribution is 2.15. The number of rotatable bonds is 6. The number of carbonyl (C=O) groups is 1. The maximum absolute atomic E-state index is 11.1. The Bertz CT molecular complexity index is 222. The molecule has 14 heavy (non-hydrogen) atoms. The molecule has 0 saturated heterocycles. The number of carboxylic acids is 1. The van der Waals surface area contributed by atoms with Gasteiger partial charge in [0.05, 0.1) is 0 Å². The number of halogens is 1. The van der Waals surface area contributed by atoms with E-state index in [2.05, 4.69) is 5.32 Å². The van der Waals surface area contributed by atoms with Crippen LogP contribution in [0.5, 0.6) is 0 Å². The van der Waals surface area contributed by atoms with Gasteiger partial charge in [-0.05, 0) is 25.3 Å². The van der Waals surface area contributed by atoms with E-state index in [9.17, 15) is 4.79 Å². The SMILES string of the molecule is CCC(CC)(NCC(C)=CCl)C(=O)O. The number of nitrogens with one attached hydrogen (secondary N) is 1. The summed E-state index contributed by atoms with van der Waals surface area (Å²) in [4.78, 5) is 11.1. The molecule has 0 rings (SSSR count). The summed E-state index contributed by atoms with van der Waals surface area (Å²) in [5.41, 5.74) is 1.57. The summed E-state index contributed by atoms with van der Waals surface area (Å²) >= 11 is 5.50. The fourth-order valence-electron chi connectivity index (χ4n) is 1.23. The van der Waals surface area contributed by atoms with Crippen LogP contribution in [0.1, 0.15) is 33.6 Å². The summed E-state index contributed by atoms with van der Waals surface area (Å²) in [6.07, 6.45) is 1.13. The third-order valence-corrected chi connectivity index (χ3v) is 2.88. The number of carboxylic acid groups (broad SMARTS) is 1. The molecule has 0 fully saturated rings. The molecule has 82 valence electrons. The average molecular weight is 220 g/mol. The first-order valence-corrected chi connectivity index (χ1v) is 5.20. The number of hydrogen-bond donors (Lipinski definition) is 2. The van der Waals surface area contributed by atoms with Gasteiger partial charge in [0.1, 0.15) is 5.54 Å². The fourth-order valence-corrected chi connectivity index (χ4v) is 1.30. The molecule has 0 unspecified atom stereocenters. The van der Waals surface area contributed by atoms with Gasteiger partial charge in [-0.25, -0.2) is 0 Å². The molecule has 2 N–H and O–H groups in total. The van der Waals surface area contributed by atoms with Gasteiger partial charge in [-0.3, -0.25) is 10.1 Å². The zero-order chi connectivity index (χ0) is 11.2. The number of hydrogen-bond acceptors (Lipinski definition) is 2. The molecule has 0 aliphatic rings. The highest BCUT2D eigenvalue weighted by molar-refractivity contribution is 6.25.